The van der Waals surface area contributed by atoms with Crippen LogP contribution in [0.5, 0.6) is 0 Å². The number of nitriles is 1. The summed E-state index contributed by atoms with van der Waals surface area (Å²) in [6.45, 7) is 3.26. The minimum Gasteiger partial charge on any atom is -0.481 e. The van der Waals surface area contributed by atoms with Gasteiger partial charge < -0.3 is 39.2 Å². The first kappa shape index (κ1) is 34.8. The van der Waals surface area contributed by atoms with E-state index >= 15 is 0 Å². The fourth-order valence-corrected chi connectivity index (χ4v) is 3.41. The second-order valence-electron chi connectivity index (χ2n) is 8.78. The maximum Gasteiger partial charge on any atom is 0.305 e. The van der Waals surface area contributed by atoms with Crippen LogP contribution < -0.4 is 5.32 Å². The van der Waals surface area contributed by atoms with Crippen LogP contribution in [0.1, 0.15) is 30.5 Å². The molecule has 0 bridgehead atoms. The second-order valence-corrected chi connectivity index (χ2v) is 8.78. The summed E-state index contributed by atoms with van der Waals surface area (Å²) in [5, 5.41) is 36.7. The van der Waals surface area contributed by atoms with Gasteiger partial charge in [0.15, 0.2) is 6.07 Å². The predicted octanol–water partition coefficient (Wildman–Crippen LogP) is 0.550. The first-order valence-electron chi connectivity index (χ1n) is 13.4. The van der Waals surface area contributed by atoms with Crippen molar-refractivity contribution in [3.8, 4) is 23.6 Å². The summed E-state index contributed by atoms with van der Waals surface area (Å²) in [5.41, 5.74) is 2.22. The summed E-state index contributed by atoms with van der Waals surface area (Å²) in [4.78, 5) is 33.4. The van der Waals surface area contributed by atoms with E-state index in [1.165, 1.54) is 0 Å². The van der Waals surface area contributed by atoms with Crippen molar-refractivity contribution in [3.05, 3.63) is 41.7 Å². The van der Waals surface area contributed by atoms with E-state index in [2.05, 4.69) is 27.5 Å². The van der Waals surface area contributed by atoms with Crippen molar-refractivity contribution in [1.29, 1.82) is 5.26 Å². The molecule has 0 aliphatic heterocycles. The highest BCUT2D eigenvalue weighted by atomic mass is 16.6. The highest BCUT2D eigenvalue weighted by Crippen LogP contribution is 2.09. The van der Waals surface area contributed by atoms with Gasteiger partial charge >= 0.3 is 11.9 Å². The van der Waals surface area contributed by atoms with Gasteiger partial charge in [0.25, 0.3) is 0 Å². The monoisotopic (exact) mass is 601 g/mol. The Labute approximate surface area is 248 Å². The number of aromatic nitrogens is 3. The van der Waals surface area contributed by atoms with E-state index in [0.29, 0.717) is 58.5 Å². The van der Waals surface area contributed by atoms with Crippen LogP contribution in [0.2, 0.25) is 0 Å². The zero-order valence-corrected chi connectivity index (χ0v) is 23.6. The zero-order chi connectivity index (χ0) is 31.1. The minimum absolute atomic E-state index is 0.0245. The Balaban J connectivity index is 1.39. The molecule has 1 aromatic heterocycles. The van der Waals surface area contributed by atoms with Gasteiger partial charge in [0.05, 0.1) is 90.8 Å². The van der Waals surface area contributed by atoms with E-state index in [0.717, 1.165) is 11.3 Å². The summed E-state index contributed by atoms with van der Waals surface area (Å²) in [6.07, 6.45) is 0.806. The molecule has 2 aromatic rings. The summed E-state index contributed by atoms with van der Waals surface area (Å²) in [7, 11) is 0. The number of nitrogens with zero attached hydrogens (tertiary/aromatic N) is 4. The van der Waals surface area contributed by atoms with Crippen molar-refractivity contribution in [2.75, 3.05) is 59.5 Å². The van der Waals surface area contributed by atoms with Crippen molar-refractivity contribution < 1.29 is 48.3 Å². The zero-order valence-electron chi connectivity index (χ0n) is 23.6. The molecule has 0 unspecified atom stereocenters. The number of carbonyl (C=O) groups is 3. The van der Waals surface area contributed by atoms with Gasteiger partial charge in [-0.1, -0.05) is 11.1 Å². The molecule has 15 nitrogen and oxygen atoms in total. The molecule has 0 aliphatic rings. The molecule has 1 aromatic carbocycles. The number of ether oxygens (including phenoxy) is 5. The summed E-state index contributed by atoms with van der Waals surface area (Å²) >= 11 is 0. The van der Waals surface area contributed by atoms with E-state index in [1.807, 2.05) is 12.1 Å². The molecule has 2 rings (SSSR count). The molecule has 232 valence electrons. The number of aliphatic carboxylic acids is 2. The molecule has 1 amide bonds. The van der Waals surface area contributed by atoms with Crippen LogP contribution in [0.25, 0.3) is 5.69 Å². The fraction of sp³-hybridized carbons (Fsp3) is 0.500. The lowest BCUT2D eigenvalue weighted by atomic mass is 10.1. The number of amides is 1. The van der Waals surface area contributed by atoms with E-state index in [-0.39, 0.29) is 19.6 Å². The lowest BCUT2D eigenvalue weighted by Crippen LogP contribution is -2.38. The van der Waals surface area contributed by atoms with Gasteiger partial charge in [0, 0.05) is 23.9 Å². The lowest BCUT2D eigenvalue weighted by Gasteiger charge is -2.14. The Morgan fingerprint density at radius 1 is 0.837 bits per heavy atom. The van der Waals surface area contributed by atoms with Crippen LogP contribution in [-0.4, -0.2) is 109 Å². The van der Waals surface area contributed by atoms with Crippen molar-refractivity contribution in [3.63, 3.8) is 0 Å². The molecule has 0 saturated heterocycles. The average molecular weight is 602 g/mol. The highest BCUT2D eigenvalue weighted by Gasteiger charge is 2.19. The Morgan fingerprint density at radius 2 is 1.37 bits per heavy atom. The molecule has 0 fully saturated rings. The number of hydrogen-bond donors (Lipinski definition) is 3. The third-order valence-electron chi connectivity index (χ3n) is 5.35. The largest absolute Gasteiger partial charge is 0.481 e. The number of benzene rings is 1. The molecule has 0 saturated carbocycles. The molecular weight excluding hydrogens is 566 g/mol. The first-order chi connectivity index (χ1) is 20.9. The fourth-order valence-electron chi connectivity index (χ4n) is 3.41. The second kappa shape index (κ2) is 21.3. The van der Waals surface area contributed by atoms with Crippen molar-refractivity contribution >= 4 is 17.8 Å². The van der Waals surface area contributed by atoms with Gasteiger partial charge in [-0.2, -0.15) is 5.26 Å². The molecule has 3 N–H and O–H groups in total. The SMILES string of the molecule is N#CC#Cc1ccc(-n2cc(COCCOCCOCCOCCOCCC(=O)NC(CC(=O)O)CC(=O)O)nn2)cc1. The van der Waals surface area contributed by atoms with E-state index in [1.54, 1.807) is 29.1 Å². The molecule has 0 spiro atoms. The maximum absolute atomic E-state index is 11.8. The van der Waals surface area contributed by atoms with Crippen LogP contribution in [0.3, 0.4) is 0 Å². The van der Waals surface area contributed by atoms with Gasteiger partial charge in [-0.3, -0.25) is 14.4 Å². The molecule has 43 heavy (non-hydrogen) atoms. The molecule has 1 heterocycles. The number of carbonyl (C=O) groups excluding carboxylic acids is 1. The van der Waals surface area contributed by atoms with E-state index < -0.39 is 36.7 Å². The minimum atomic E-state index is -1.19. The van der Waals surface area contributed by atoms with Crippen LogP contribution in [-0.2, 0) is 44.7 Å². The van der Waals surface area contributed by atoms with E-state index in [9.17, 15) is 14.4 Å². The Hall–Kier alpha value is -4.38. The third-order valence-corrected chi connectivity index (χ3v) is 5.35. The Kier molecular flexibility index (Phi) is 17.3. The van der Waals surface area contributed by atoms with Gasteiger partial charge in [0.1, 0.15) is 5.69 Å². The van der Waals surface area contributed by atoms with Crippen LogP contribution in [0, 0.1) is 23.2 Å². The Bertz CT molecular complexity index is 1220. The van der Waals surface area contributed by atoms with Crippen LogP contribution >= 0.6 is 0 Å². The summed E-state index contributed by atoms with van der Waals surface area (Å²) in [6, 6.07) is 8.08. The van der Waals surface area contributed by atoms with Crippen molar-refractivity contribution in [2.45, 2.75) is 31.9 Å². The molecule has 15 heteroatoms. The highest BCUT2D eigenvalue weighted by molar-refractivity contribution is 5.79. The van der Waals surface area contributed by atoms with Crippen LogP contribution in [0.4, 0.5) is 0 Å². The molecular formula is C28H35N5O10. The molecule has 0 radical (unpaired) electrons. The van der Waals surface area contributed by atoms with Gasteiger partial charge in [-0.05, 0) is 24.3 Å². The summed E-state index contributed by atoms with van der Waals surface area (Å²) in [5.74, 6) is 2.21. The first-order valence-corrected chi connectivity index (χ1v) is 13.4. The van der Waals surface area contributed by atoms with Crippen LogP contribution in [0.15, 0.2) is 30.5 Å². The number of carboxylic acid groups (broad SMARTS) is 2. The van der Waals surface area contributed by atoms with Gasteiger partial charge in [-0.15, -0.1) is 5.10 Å². The van der Waals surface area contributed by atoms with Crippen molar-refractivity contribution in [1.82, 2.24) is 20.3 Å². The third kappa shape index (κ3) is 16.6. The number of nitrogens with one attached hydrogen (secondary N) is 1. The number of carboxylic acids is 2. The standard InChI is InChI=1S/C28H35N5O10/c29-8-1-2-22-3-5-25(6-4-22)33-20-24(31-32-33)21-43-17-16-42-15-14-41-13-12-40-11-10-39-9-7-26(34)30-23(18-27(35)36)19-28(37)38/h3-6,20,23H,7,9-19,21H2,(H,30,34)(H,35,36)(H,37,38). The lowest BCUT2D eigenvalue weighted by molar-refractivity contribution is -0.139. The molecule has 0 aliphatic carbocycles. The normalized spacial score (nSPS) is 10.6. The smallest absolute Gasteiger partial charge is 0.305 e. The Morgan fingerprint density at radius 3 is 1.91 bits per heavy atom. The molecule has 0 atom stereocenters. The van der Waals surface area contributed by atoms with Gasteiger partial charge in [-0.25, -0.2) is 4.68 Å². The van der Waals surface area contributed by atoms with E-state index in [4.69, 9.17) is 39.2 Å². The number of hydrogen-bond acceptors (Lipinski definition) is 11. The maximum atomic E-state index is 11.8. The topological polar surface area (TPSA) is 204 Å². The summed E-state index contributed by atoms with van der Waals surface area (Å²) < 4.78 is 28.7. The number of rotatable bonds is 23. The van der Waals surface area contributed by atoms with Crippen molar-refractivity contribution in [2.24, 2.45) is 0 Å². The quantitative estimate of drug-likeness (QED) is 0.118. The predicted molar refractivity (Wildman–Crippen MR) is 148 cm³/mol. The average Bonchev–Trinajstić information content (AvgIpc) is 3.44. The van der Waals surface area contributed by atoms with Gasteiger partial charge in [0.2, 0.25) is 5.91 Å².